The van der Waals surface area contributed by atoms with Crippen LogP contribution in [0.15, 0.2) is 71.7 Å². The third-order valence-electron chi connectivity index (χ3n) is 4.22. The molecule has 0 saturated heterocycles. The molecule has 0 bridgehead atoms. The van der Waals surface area contributed by atoms with Crippen LogP contribution in [-0.4, -0.2) is 5.71 Å². The van der Waals surface area contributed by atoms with Gasteiger partial charge in [-0.1, -0.05) is 54.1 Å². The molecule has 0 saturated carbocycles. The Labute approximate surface area is 135 Å². The zero-order valence-corrected chi connectivity index (χ0v) is 12.9. The van der Waals surface area contributed by atoms with Crippen LogP contribution in [0.2, 0.25) is 0 Å². The minimum absolute atomic E-state index is 0.211. The summed E-state index contributed by atoms with van der Waals surface area (Å²) in [6.45, 7) is 2.10. The highest BCUT2D eigenvalue weighted by Crippen LogP contribution is 2.30. The standard InChI is InChI=1S/C21H16FN/c1-14-5-10-20-18(11-14)13-21(23-20)16-8-6-15(7-9-16)17-3-2-4-19(22)12-17/h2-12H,13H2,1H3. The second-order valence-corrected chi connectivity index (χ2v) is 5.96. The normalized spacial score (nSPS) is 12.9. The molecule has 0 amide bonds. The monoisotopic (exact) mass is 301 g/mol. The first-order chi connectivity index (χ1) is 11.2. The molecule has 1 nitrogen and oxygen atoms in total. The number of hydrogen-bond acceptors (Lipinski definition) is 1. The summed E-state index contributed by atoms with van der Waals surface area (Å²) in [6.07, 6.45) is 0.871. The summed E-state index contributed by atoms with van der Waals surface area (Å²) in [5.74, 6) is -0.211. The molecule has 0 atom stereocenters. The highest BCUT2D eigenvalue weighted by atomic mass is 19.1. The van der Waals surface area contributed by atoms with Crippen molar-refractivity contribution < 1.29 is 4.39 Å². The molecule has 0 aromatic heterocycles. The van der Waals surface area contributed by atoms with Crippen LogP contribution in [0.5, 0.6) is 0 Å². The van der Waals surface area contributed by atoms with Gasteiger partial charge in [0.05, 0.1) is 11.4 Å². The van der Waals surface area contributed by atoms with Crippen LogP contribution in [0.4, 0.5) is 10.1 Å². The van der Waals surface area contributed by atoms with Crippen molar-refractivity contribution in [3.63, 3.8) is 0 Å². The molecular weight excluding hydrogens is 285 g/mol. The third kappa shape index (κ3) is 2.68. The molecule has 1 aliphatic rings. The highest BCUT2D eigenvalue weighted by molar-refractivity contribution is 6.06. The molecule has 1 heterocycles. The van der Waals surface area contributed by atoms with Gasteiger partial charge in [-0.05, 0) is 47.4 Å². The van der Waals surface area contributed by atoms with Crippen LogP contribution in [0.3, 0.4) is 0 Å². The van der Waals surface area contributed by atoms with E-state index in [1.54, 1.807) is 12.1 Å². The van der Waals surface area contributed by atoms with Crippen molar-refractivity contribution in [2.75, 3.05) is 0 Å². The quantitative estimate of drug-likeness (QED) is 0.594. The Bertz CT molecular complexity index is 907. The molecule has 4 rings (SSSR count). The van der Waals surface area contributed by atoms with Crippen LogP contribution in [0, 0.1) is 12.7 Å². The van der Waals surface area contributed by atoms with Crippen LogP contribution >= 0.6 is 0 Å². The molecule has 112 valence electrons. The van der Waals surface area contributed by atoms with E-state index in [2.05, 4.69) is 37.3 Å². The summed E-state index contributed by atoms with van der Waals surface area (Å²) in [7, 11) is 0. The Morgan fingerprint density at radius 3 is 2.39 bits per heavy atom. The van der Waals surface area contributed by atoms with E-state index in [1.165, 1.54) is 17.2 Å². The van der Waals surface area contributed by atoms with E-state index < -0.39 is 0 Å². The molecule has 0 radical (unpaired) electrons. The number of fused-ring (bicyclic) bond motifs is 1. The first kappa shape index (κ1) is 13.9. The summed E-state index contributed by atoms with van der Waals surface area (Å²) in [5, 5.41) is 0. The lowest BCUT2D eigenvalue weighted by molar-refractivity contribution is 0.628. The molecule has 0 fully saturated rings. The van der Waals surface area contributed by atoms with E-state index >= 15 is 0 Å². The Balaban J connectivity index is 1.63. The smallest absolute Gasteiger partial charge is 0.123 e. The average molecular weight is 301 g/mol. The van der Waals surface area contributed by atoms with E-state index in [-0.39, 0.29) is 5.82 Å². The molecular formula is C21H16FN. The lowest BCUT2D eigenvalue weighted by atomic mass is 9.99. The maximum atomic E-state index is 13.3. The maximum absolute atomic E-state index is 13.3. The van der Waals surface area contributed by atoms with Gasteiger partial charge in [-0.2, -0.15) is 0 Å². The topological polar surface area (TPSA) is 12.4 Å². The summed E-state index contributed by atoms with van der Waals surface area (Å²) < 4.78 is 13.3. The van der Waals surface area contributed by atoms with Crippen LogP contribution in [0.25, 0.3) is 11.1 Å². The number of hydrogen-bond donors (Lipinski definition) is 0. The molecule has 0 spiro atoms. The van der Waals surface area contributed by atoms with E-state index in [0.717, 1.165) is 34.5 Å². The van der Waals surface area contributed by atoms with Crippen molar-refractivity contribution >= 4 is 11.4 Å². The van der Waals surface area contributed by atoms with Gasteiger partial charge in [-0.15, -0.1) is 0 Å². The summed E-state index contributed by atoms with van der Waals surface area (Å²) >= 11 is 0. The molecule has 0 aliphatic carbocycles. The van der Waals surface area contributed by atoms with Crippen molar-refractivity contribution in [1.82, 2.24) is 0 Å². The fourth-order valence-electron chi connectivity index (χ4n) is 3.02. The maximum Gasteiger partial charge on any atom is 0.123 e. The van der Waals surface area contributed by atoms with E-state index in [4.69, 9.17) is 4.99 Å². The second-order valence-electron chi connectivity index (χ2n) is 5.96. The molecule has 3 aromatic carbocycles. The van der Waals surface area contributed by atoms with E-state index in [9.17, 15) is 4.39 Å². The van der Waals surface area contributed by atoms with Crippen molar-refractivity contribution in [2.24, 2.45) is 4.99 Å². The molecule has 1 aliphatic heterocycles. The van der Waals surface area contributed by atoms with Gasteiger partial charge >= 0.3 is 0 Å². The van der Waals surface area contributed by atoms with E-state index in [1.807, 2.05) is 18.2 Å². The zero-order chi connectivity index (χ0) is 15.8. The van der Waals surface area contributed by atoms with Gasteiger partial charge in [0.25, 0.3) is 0 Å². The van der Waals surface area contributed by atoms with Crippen LogP contribution in [0.1, 0.15) is 16.7 Å². The Morgan fingerprint density at radius 2 is 1.61 bits per heavy atom. The van der Waals surface area contributed by atoms with Crippen molar-refractivity contribution in [3.8, 4) is 11.1 Å². The Hall–Kier alpha value is -2.74. The van der Waals surface area contributed by atoms with Crippen LogP contribution in [-0.2, 0) is 6.42 Å². The summed E-state index contributed by atoms with van der Waals surface area (Å²) in [6, 6.07) is 21.2. The average Bonchev–Trinajstić information content (AvgIpc) is 2.98. The van der Waals surface area contributed by atoms with Crippen molar-refractivity contribution in [2.45, 2.75) is 13.3 Å². The van der Waals surface area contributed by atoms with E-state index in [0.29, 0.717) is 0 Å². The van der Waals surface area contributed by atoms with Gasteiger partial charge in [0.1, 0.15) is 5.82 Å². The number of rotatable bonds is 2. The lowest BCUT2D eigenvalue weighted by Crippen LogP contribution is -2.00. The van der Waals surface area contributed by atoms with Crippen LogP contribution < -0.4 is 0 Å². The summed E-state index contributed by atoms with van der Waals surface area (Å²) in [5.41, 5.74) is 7.75. The van der Waals surface area contributed by atoms with Gasteiger partial charge in [0.2, 0.25) is 0 Å². The first-order valence-electron chi connectivity index (χ1n) is 7.72. The van der Waals surface area contributed by atoms with Crippen molar-refractivity contribution in [1.29, 1.82) is 0 Å². The molecule has 0 unspecified atom stereocenters. The molecule has 2 heteroatoms. The number of nitrogens with zero attached hydrogens (tertiary/aromatic N) is 1. The predicted octanol–water partition coefficient (Wildman–Crippen LogP) is 5.48. The second kappa shape index (κ2) is 5.47. The highest BCUT2D eigenvalue weighted by Gasteiger charge is 2.16. The predicted molar refractivity (Wildman–Crippen MR) is 92.9 cm³/mol. The number of benzene rings is 3. The van der Waals surface area contributed by atoms with Gasteiger partial charge in [0.15, 0.2) is 0 Å². The summed E-state index contributed by atoms with van der Waals surface area (Å²) in [4.78, 5) is 4.74. The Morgan fingerprint density at radius 1 is 0.826 bits per heavy atom. The third-order valence-corrected chi connectivity index (χ3v) is 4.22. The SMILES string of the molecule is Cc1ccc2c(c1)CC(c1ccc(-c3cccc(F)c3)cc1)=N2. The van der Waals surface area contributed by atoms with Crippen molar-refractivity contribution in [3.05, 3.63) is 89.2 Å². The fourth-order valence-corrected chi connectivity index (χ4v) is 3.02. The lowest BCUT2D eigenvalue weighted by Gasteiger charge is -2.05. The number of halogens is 1. The molecule has 3 aromatic rings. The number of aryl methyl sites for hydroxylation is 1. The Kier molecular flexibility index (Phi) is 3.30. The minimum Gasteiger partial charge on any atom is -0.252 e. The molecule has 23 heavy (non-hydrogen) atoms. The zero-order valence-electron chi connectivity index (χ0n) is 12.9. The molecule has 0 N–H and O–H groups in total. The minimum atomic E-state index is -0.211. The van der Waals surface area contributed by atoms with Gasteiger partial charge in [-0.25, -0.2) is 4.39 Å². The first-order valence-corrected chi connectivity index (χ1v) is 7.72. The van der Waals surface area contributed by atoms with Gasteiger partial charge in [-0.3, -0.25) is 4.99 Å². The largest absolute Gasteiger partial charge is 0.252 e. The van der Waals surface area contributed by atoms with Gasteiger partial charge < -0.3 is 0 Å². The number of aliphatic imine (C=N–C) groups is 1. The van der Waals surface area contributed by atoms with Gasteiger partial charge in [0, 0.05) is 6.42 Å². The fraction of sp³-hybridized carbons (Fsp3) is 0.0952.